The third kappa shape index (κ3) is 12.5. The maximum atomic E-state index is 14.0. The van der Waals surface area contributed by atoms with E-state index >= 15 is 0 Å². The van der Waals surface area contributed by atoms with Crippen LogP contribution in [0.5, 0.6) is 0 Å². The molecule has 0 aromatic heterocycles. The van der Waals surface area contributed by atoms with Crippen LogP contribution in [0.4, 0.5) is 8.78 Å². The summed E-state index contributed by atoms with van der Waals surface area (Å²) in [5.74, 6) is -2.48. The molecule has 5 N–H and O–H groups in total. The molecule has 0 fully saturated rings. The van der Waals surface area contributed by atoms with Gasteiger partial charge in [-0.1, -0.05) is 44.2 Å². The number of carbonyl (C=O) groups excluding carboxylic acids is 3. The molecule has 3 rings (SSSR count). The van der Waals surface area contributed by atoms with Crippen molar-refractivity contribution in [1.82, 2.24) is 15.5 Å². The Balaban J connectivity index is 1.67. The summed E-state index contributed by atoms with van der Waals surface area (Å²) < 4.78 is 28.0. The Kier molecular flexibility index (Phi) is 15.0. The molecule has 8 nitrogen and oxygen atoms in total. The molecule has 0 unspecified atom stereocenters. The van der Waals surface area contributed by atoms with E-state index in [1.165, 1.54) is 6.07 Å². The van der Waals surface area contributed by atoms with Crippen molar-refractivity contribution in [2.75, 3.05) is 19.6 Å². The second-order valence-corrected chi connectivity index (χ2v) is 12.1. The molecule has 0 saturated heterocycles. The van der Waals surface area contributed by atoms with Crippen LogP contribution in [0.15, 0.2) is 66.7 Å². The Hall–Kier alpha value is -4.15. The van der Waals surface area contributed by atoms with E-state index in [2.05, 4.69) is 10.6 Å². The highest BCUT2D eigenvalue weighted by molar-refractivity contribution is 6.00. The number of nitrogens with one attached hydrogen (secondary N) is 2. The maximum absolute atomic E-state index is 14.0. The second-order valence-electron chi connectivity index (χ2n) is 12.1. The maximum Gasteiger partial charge on any atom is 0.253 e. The molecule has 47 heavy (non-hydrogen) atoms. The van der Waals surface area contributed by atoms with Crippen LogP contribution < -0.4 is 16.4 Å². The van der Waals surface area contributed by atoms with Gasteiger partial charge in [0.15, 0.2) is 0 Å². The molecule has 0 saturated carbocycles. The molecule has 0 aliphatic heterocycles. The minimum atomic E-state index is -1.17. The highest BCUT2D eigenvalue weighted by Gasteiger charge is 2.25. The normalized spacial score (nSPS) is 13.0. The molecule has 3 aromatic carbocycles. The van der Waals surface area contributed by atoms with Crippen LogP contribution in [-0.4, -0.2) is 65.5 Å². The number of amides is 3. The number of hydrogen-bond acceptors (Lipinski definition) is 5. The highest BCUT2D eigenvalue weighted by Crippen LogP contribution is 2.17. The highest BCUT2D eigenvalue weighted by atomic mass is 19.1. The Bertz CT molecular complexity index is 1440. The number of aliphatic hydroxyl groups excluding tert-OH is 1. The second kappa shape index (κ2) is 18.9. The number of halogens is 2. The summed E-state index contributed by atoms with van der Waals surface area (Å²) in [6, 6.07) is 16.6. The third-order valence-electron chi connectivity index (χ3n) is 7.86. The van der Waals surface area contributed by atoms with Crippen molar-refractivity contribution in [3.05, 3.63) is 106 Å². The van der Waals surface area contributed by atoms with E-state index in [-0.39, 0.29) is 54.8 Å². The van der Waals surface area contributed by atoms with Crippen LogP contribution in [0.1, 0.15) is 83.4 Å². The average Bonchev–Trinajstić information content (AvgIpc) is 3.02. The van der Waals surface area contributed by atoms with E-state index < -0.39 is 29.7 Å². The predicted molar refractivity (Wildman–Crippen MR) is 180 cm³/mol. The van der Waals surface area contributed by atoms with Crippen molar-refractivity contribution in [3.8, 4) is 0 Å². The molecular formula is C37H48F2N4O4. The minimum Gasteiger partial charge on any atom is -0.391 e. The van der Waals surface area contributed by atoms with Crippen LogP contribution in [0.2, 0.25) is 0 Å². The number of nitrogens with two attached hydrogens (primary N) is 1. The average molecular weight is 651 g/mol. The Morgan fingerprint density at radius 2 is 1.49 bits per heavy atom. The van der Waals surface area contributed by atoms with Gasteiger partial charge in [0.1, 0.15) is 11.6 Å². The molecule has 0 aliphatic rings. The summed E-state index contributed by atoms with van der Waals surface area (Å²) in [7, 11) is 0. The van der Waals surface area contributed by atoms with Gasteiger partial charge in [0.25, 0.3) is 11.8 Å². The van der Waals surface area contributed by atoms with Crippen molar-refractivity contribution in [3.63, 3.8) is 0 Å². The monoisotopic (exact) mass is 650 g/mol. The number of nitrogens with zero attached hydrogens (tertiary/aromatic N) is 1. The van der Waals surface area contributed by atoms with Gasteiger partial charge < -0.3 is 26.4 Å². The Morgan fingerprint density at radius 3 is 2.13 bits per heavy atom. The molecule has 0 spiro atoms. The smallest absolute Gasteiger partial charge is 0.253 e. The lowest BCUT2D eigenvalue weighted by molar-refractivity contribution is -0.121. The van der Waals surface area contributed by atoms with Gasteiger partial charge in [-0.05, 0) is 92.5 Å². The molecule has 0 heterocycles. The lowest BCUT2D eigenvalue weighted by atomic mass is 9.97. The number of aliphatic hydroxyl groups is 1. The van der Waals surface area contributed by atoms with Crippen molar-refractivity contribution >= 4 is 17.7 Å². The van der Waals surface area contributed by atoms with Crippen LogP contribution in [0, 0.1) is 18.6 Å². The zero-order valence-electron chi connectivity index (χ0n) is 27.6. The van der Waals surface area contributed by atoms with Gasteiger partial charge in [-0.25, -0.2) is 8.78 Å². The number of rotatable bonds is 18. The van der Waals surface area contributed by atoms with Crippen molar-refractivity contribution in [2.45, 2.75) is 83.9 Å². The lowest BCUT2D eigenvalue weighted by Gasteiger charge is -2.25. The fourth-order valence-electron chi connectivity index (χ4n) is 5.58. The first-order chi connectivity index (χ1) is 22.5. The molecule has 0 bridgehead atoms. The standard InChI is InChI=1S/C37H48F2N4O4/c1-4-15-43(16-5-2)37(47)29-18-25(3)17-28(23-29)36(46)42-33(22-27-19-30(38)24-31(39)20-27)34(44)13-14-41-35(45)12-11-32(40)21-26-9-7-6-8-10-26/h6-10,17-20,23-24,32-34,44H,4-5,11-16,21-22,40H2,1-3H3,(H,41,45)(H,42,46)/t32-,33+,34-/m1/s1. The number of aryl methyl sites for hydroxylation is 1. The van der Waals surface area contributed by atoms with Crippen LogP contribution in [0.3, 0.4) is 0 Å². The molecule has 10 heteroatoms. The van der Waals surface area contributed by atoms with Gasteiger partial charge in [0.2, 0.25) is 5.91 Å². The molecule has 3 amide bonds. The van der Waals surface area contributed by atoms with Gasteiger partial charge >= 0.3 is 0 Å². The van der Waals surface area contributed by atoms with Gasteiger partial charge in [-0.2, -0.15) is 0 Å². The largest absolute Gasteiger partial charge is 0.391 e. The molecule has 0 radical (unpaired) electrons. The van der Waals surface area contributed by atoms with Crippen LogP contribution in [0.25, 0.3) is 0 Å². The quantitative estimate of drug-likeness (QED) is 0.153. The Morgan fingerprint density at radius 1 is 0.851 bits per heavy atom. The molecule has 3 atom stereocenters. The van der Waals surface area contributed by atoms with Crippen molar-refractivity contribution < 1.29 is 28.3 Å². The molecular weight excluding hydrogens is 602 g/mol. The van der Waals surface area contributed by atoms with E-state index in [4.69, 9.17) is 5.73 Å². The lowest BCUT2D eigenvalue weighted by Crippen LogP contribution is -2.46. The minimum absolute atomic E-state index is 0.0672. The summed E-state index contributed by atoms with van der Waals surface area (Å²) in [6.07, 6.45) is 1.80. The predicted octanol–water partition coefficient (Wildman–Crippen LogP) is 5.09. The zero-order chi connectivity index (χ0) is 34.3. The fraction of sp³-hybridized carbons (Fsp3) is 0.432. The third-order valence-corrected chi connectivity index (χ3v) is 7.86. The van der Waals surface area contributed by atoms with Crippen molar-refractivity contribution in [1.29, 1.82) is 0 Å². The summed E-state index contributed by atoms with van der Waals surface area (Å²) in [5, 5.41) is 16.7. The summed E-state index contributed by atoms with van der Waals surface area (Å²) in [6.45, 7) is 7.08. The topological polar surface area (TPSA) is 125 Å². The van der Waals surface area contributed by atoms with Crippen molar-refractivity contribution in [2.24, 2.45) is 5.73 Å². The van der Waals surface area contributed by atoms with Crippen LogP contribution >= 0.6 is 0 Å². The number of carbonyl (C=O) groups is 3. The summed E-state index contributed by atoms with van der Waals surface area (Å²) in [5.41, 5.74) is 8.87. The summed E-state index contributed by atoms with van der Waals surface area (Å²) in [4.78, 5) is 41.0. The molecule has 0 aliphatic carbocycles. The number of hydrogen-bond donors (Lipinski definition) is 4. The van der Waals surface area contributed by atoms with Gasteiger partial charge in [0.05, 0.1) is 12.1 Å². The van der Waals surface area contributed by atoms with Gasteiger partial charge in [-0.15, -0.1) is 0 Å². The van der Waals surface area contributed by atoms with Crippen LogP contribution in [-0.2, 0) is 17.6 Å². The first kappa shape index (κ1) is 37.3. The van der Waals surface area contributed by atoms with E-state index in [0.717, 1.165) is 36.6 Å². The summed E-state index contributed by atoms with van der Waals surface area (Å²) >= 11 is 0. The molecule has 3 aromatic rings. The van der Waals surface area contributed by atoms with E-state index in [1.807, 2.05) is 44.2 Å². The first-order valence-corrected chi connectivity index (χ1v) is 16.4. The zero-order valence-corrected chi connectivity index (χ0v) is 27.6. The SMILES string of the molecule is CCCN(CCC)C(=O)c1cc(C)cc(C(=O)N[C@@H](Cc2cc(F)cc(F)c2)[C@H](O)CCNC(=O)CC[C@@H](N)Cc2ccccc2)c1. The van der Waals surface area contributed by atoms with Gasteiger partial charge in [-0.3, -0.25) is 14.4 Å². The van der Waals surface area contributed by atoms with E-state index in [9.17, 15) is 28.3 Å². The van der Waals surface area contributed by atoms with E-state index in [1.54, 1.807) is 24.0 Å². The fourth-order valence-corrected chi connectivity index (χ4v) is 5.58. The Labute approximate surface area is 276 Å². The van der Waals surface area contributed by atoms with Gasteiger partial charge in [0, 0.05) is 49.3 Å². The first-order valence-electron chi connectivity index (χ1n) is 16.4. The molecule has 254 valence electrons. The number of benzene rings is 3. The van der Waals surface area contributed by atoms with E-state index in [0.29, 0.717) is 37.1 Å².